The normalized spacial score (nSPS) is 13.6. The molecule has 0 saturated carbocycles. The molecule has 2 atom stereocenters. The number of carboxylic acid groups (broad SMARTS) is 1. The van der Waals surface area contributed by atoms with Crippen LogP contribution in [0.25, 0.3) is 0 Å². The minimum atomic E-state index is -1.05. The standard InChI is InChI=1S/C14H19NO4/c1-3-12(19-2)13(16)15-11(14(17)18)9-10-7-5-4-6-8-10/h4-8,11-12H,3,9H2,1-2H3,(H,15,16)(H,17,18). The van der Waals surface area contributed by atoms with Gasteiger partial charge in [0.25, 0.3) is 0 Å². The third-order valence-electron chi connectivity index (χ3n) is 2.84. The van der Waals surface area contributed by atoms with Crippen LogP contribution in [0.3, 0.4) is 0 Å². The van der Waals surface area contributed by atoms with Crippen LogP contribution in [0.15, 0.2) is 30.3 Å². The van der Waals surface area contributed by atoms with E-state index in [9.17, 15) is 9.59 Å². The Labute approximate surface area is 112 Å². The van der Waals surface area contributed by atoms with Gasteiger partial charge in [-0.1, -0.05) is 37.3 Å². The molecule has 0 spiro atoms. The third-order valence-corrected chi connectivity index (χ3v) is 2.84. The molecular weight excluding hydrogens is 246 g/mol. The van der Waals surface area contributed by atoms with Crippen molar-refractivity contribution in [1.82, 2.24) is 5.32 Å². The molecule has 2 unspecified atom stereocenters. The van der Waals surface area contributed by atoms with Crippen LogP contribution in [-0.2, 0) is 20.7 Å². The summed E-state index contributed by atoms with van der Waals surface area (Å²) in [6.45, 7) is 1.81. The van der Waals surface area contributed by atoms with Gasteiger partial charge in [-0.3, -0.25) is 4.79 Å². The first kappa shape index (κ1) is 15.2. The fourth-order valence-electron chi connectivity index (χ4n) is 1.77. The summed E-state index contributed by atoms with van der Waals surface area (Å²) in [5.41, 5.74) is 0.862. The lowest BCUT2D eigenvalue weighted by molar-refractivity contribution is -0.143. The predicted octanol–water partition coefficient (Wildman–Crippen LogP) is 1.22. The Balaban J connectivity index is 2.69. The summed E-state index contributed by atoms with van der Waals surface area (Å²) >= 11 is 0. The number of methoxy groups -OCH3 is 1. The van der Waals surface area contributed by atoms with Gasteiger partial charge in [0.2, 0.25) is 5.91 Å². The zero-order chi connectivity index (χ0) is 14.3. The monoisotopic (exact) mass is 265 g/mol. The first-order chi connectivity index (χ1) is 9.08. The summed E-state index contributed by atoms with van der Waals surface area (Å²) in [7, 11) is 1.43. The molecule has 2 N–H and O–H groups in total. The van der Waals surface area contributed by atoms with Crippen molar-refractivity contribution in [2.45, 2.75) is 31.9 Å². The molecule has 1 rings (SSSR count). The van der Waals surface area contributed by atoms with E-state index < -0.39 is 24.0 Å². The van der Waals surface area contributed by atoms with Crippen molar-refractivity contribution in [2.24, 2.45) is 0 Å². The fraction of sp³-hybridized carbons (Fsp3) is 0.429. The van der Waals surface area contributed by atoms with Gasteiger partial charge >= 0.3 is 5.97 Å². The number of ether oxygens (including phenoxy) is 1. The van der Waals surface area contributed by atoms with Gasteiger partial charge in [-0.05, 0) is 12.0 Å². The number of aliphatic carboxylic acids is 1. The number of hydrogen-bond donors (Lipinski definition) is 2. The Hall–Kier alpha value is -1.88. The van der Waals surface area contributed by atoms with Gasteiger partial charge in [0.05, 0.1) is 0 Å². The number of carboxylic acids is 1. The van der Waals surface area contributed by atoms with Gasteiger partial charge in [0, 0.05) is 13.5 Å². The fourth-order valence-corrected chi connectivity index (χ4v) is 1.77. The van der Waals surface area contributed by atoms with Crippen LogP contribution in [0.2, 0.25) is 0 Å². The van der Waals surface area contributed by atoms with Crippen molar-refractivity contribution in [3.8, 4) is 0 Å². The highest BCUT2D eigenvalue weighted by Gasteiger charge is 2.24. The number of amides is 1. The number of carbonyl (C=O) groups is 2. The molecule has 0 bridgehead atoms. The highest BCUT2D eigenvalue weighted by molar-refractivity contribution is 5.86. The van der Waals surface area contributed by atoms with Crippen LogP contribution >= 0.6 is 0 Å². The van der Waals surface area contributed by atoms with Crippen LogP contribution in [0.1, 0.15) is 18.9 Å². The predicted molar refractivity (Wildman–Crippen MR) is 70.8 cm³/mol. The van der Waals surface area contributed by atoms with E-state index in [0.29, 0.717) is 6.42 Å². The van der Waals surface area contributed by atoms with Crippen LogP contribution < -0.4 is 5.32 Å². The Morgan fingerprint density at radius 1 is 1.32 bits per heavy atom. The van der Waals surface area contributed by atoms with E-state index in [1.165, 1.54) is 7.11 Å². The second-order valence-corrected chi connectivity index (χ2v) is 4.22. The molecule has 0 saturated heterocycles. The molecule has 19 heavy (non-hydrogen) atoms. The van der Waals surface area contributed by atoms with E-state index in [2.05, 4.69) is 5.32 Å². The van der Waals surface area contributed by atoms with Crippen LogP contribution in [-0.4, -0.2) is 36.2 Å². The lowest BCUT2D eigenvalue weighted by atomic mass is 10.1. The van der Waals surface area contributed by atoms with Crippen molar-refractivity contribution < 1.29 is 19.4 Å². The first-order valence-corrected chi connectivity index (χ1v) is 6.18. The molecule has 0 aliphatic heterocycles. The van der Waals surface area contributed by atoms with E-state index in [1.54, 1.807) is 6.92 Å². The first-order valence-electron chi connectivity index (χ1n) is 6.18. The van der Waals surface area contributed by atoms with Crippen LogP contribution in [0.4, 0.5) is 0 Å². The lowest BCUT2D eigenvalue weighted by Gasteiger charge is -2.18. The number of hydrogen-bond acceptors (Lipinski definition) is 3. The number of rotatable bonds is 7. The molecule has 0 fully saturated rings. The van der Waals surface area contributed by atoms with Crippen molar-refractivity contribution >= 4 is 11.9 Å². The summed E-state index contributed by atoms with van der Waals surface area (Å²) in [6.07, 6.45) is 0.139. The second kappa shape index (κ2) is 7.53. The minimum Gasteiger partial charge on any atom is -0.480 e. The van der Waals surface area contributed by atoms with E-state index in [4.69, 9.17) is 9.84 Å². The zero-order valence-corrected chi connectivity index (χ0v) is 11.1. The highest BCUT2D eigenvalue weighted by atomic mass is 16.5. The topological polar surface area (TPSA) is 75.6 Å². The molecule has 1 amide bonds. The van der Waals surface area contributed by atoms with Gasteiger partial charge < -0.3 is 15.2 Å². The van der Waals surface area contributed by atoms with E-state index in [1.807, 2.05) is 30.3 Å². The van der Waals surface area contributed by atoms with Crippen molar-refractivity contribution in [1.29, 1.82) is 0 Å². The number of carbonyl (C=O) groups excluding carboxylic acids is 1. The molecule has 0 radical (unpaired) electrons. The van der Waals surface area contributed by atoms with Crippen molar-refractivity contribution in [3.63, 3.8) is 0 Å². The third kappa shape index (κ3) is 4.71. The second-order valence-electron chi connectivity index (χ2n) is 4.22. The maximum Gasteiger partial charge on any atom is 0.326 e. The summed E-state index contributed by atoms with van der Waals surface area (Å²) in [5, 5.41) is 11.7. The van der Waals surface area contributed by atoms with Gasteiger partial charge in [0.15, 0.2) is 0 Å². The Morgan fingerprint density at radius 3 is 2.42 bits per heavy atom. The highest BCUT2D eigenvalue weighted by Crippen LogP contribution is 2.05. The smallest absolute Gasteiger partial charge is 0.326 e. The minimum absolute atomic E-state index is 0.252. The quantitative estimate of drug-likeness (QED) is 0.777. The van der Waals surface area contributed by atoms with E-state index in [0.717, 1.165) is 5.56 Å². The van der Waals surface area contributed by atoms with Crippen molar-refractivity contribution in [2.75, 3.05) is 7.11 Å². The molecular formula is C14H19NO4. The summed E-state index contributed by atoms with van der Waals surface area (Å²) in [5.74, 6) is -1.45. The van der Waals surface area contributed by atoms with Gasteiger partial charge in [-0.2, -0.15) is 0 Å². The van der Waals surface area contributed by atoms with Crippen LogP contribution in [0, 0.1) is 0 Å². The molecule has 0 aliphatic carbocycles. The molecule has 0 aliphatic rings. The Morgan fingerprint density at radius 2 is 1.95 bits per heavy atom. The summed E-state index contributed by atoms with van der Waals surface area (Å²) in [4.78, 5) is 23.0. The number of benzene rings is 1. The van der Waals surface area contributed by atoms with E-state index in [-0.39, 0.29) is 6.42 Å². The summed E-state index contributed by atoms with van der Waals surface area (Å²) in [6, 6.07) is 8.24. The van der Waals surface area contributed by atoms with Gasteiger partial charge in [-0.25, -0.2) is 4.79 Å². The molecule has 5 heteroatoms. The maximum atomic E-state index is 11.8. The molecule has 104 valence electrons. The molecule has 1 aromatic carbocycles. The number of nitrogens with one attached hydrogen (secondary N) is 1. The lowest BCUT2D eigenvalue weighted by Crippen LogP contribution is -2.47. The van der Waals surface area contributed by atoms with E-state index >= 15 is 0 Å². The molecule has 0 aromatic heterocycles. The largest absolute Gasteiger partial charge is 0.480 e. The van der Waals surface area contributed by atoms with Crippen molar-refractivity contribution in [3.05, 3.63) is 35.9 Å². The summed E-state index contributed by atoms with van der Waals surface area (Å²) < 4.78 is 4.99. The maximum absolute atomic E-state index is 11.8. The Kier molecular flexibility index (Phi) is 6.02. The van der Waals surface area contributed by atoms with Gasteiger partial charge in [0.1, 0.15) is 12.1 Å². The van der Waals surface area contributed by atoms with Gasteiger partial charge in [-0.15, -0.1) is 0 Å². The molecule has 1 aromatic rings. The SMILES string of the molecule is CCC(OC)C(=O)NC(Cc1ccccc1)C(=O)O. The zero-order valence-electron chi connectivity index (χ0n) is 11.1. The van der Waals surface area contributed by atoms with Crippen LogP contribution in [0.5, 0.6) is 0 Å². The average molecular weight is 265 g/mol. The molecule has 5 nitrogen and oxygen atoms in total. The average Bonchev–Trinajstić information content (AvgIpc) is 2.40. The Bertz CT molecular complexity index is 415. The molecule has 0 heterocycles.